The lowest BCUT2D eigenvalue weighted by Crippen LogP contribution is -2.28. The maximum absolute atomic E-state index is 12.7. The summed E-state index contributed by atoms with van der Waals surface area (Å²) in [4.78, 5) is 13.7. The topological polar surface area (TPSA) is 38.3 Å². The van der Waals surface area contributed by atoms with E-state index in [-0.39, 0.29) is 18.6 Å². The Kier molecular flexibility index (Phi) is 6.49. The number of carbonyl (C=O) groups excluding carboxylic acids is 1. The van der Waals surface area contributed by atoms with Gasteiger partial charge in [0.1, 0.15) is 6.61 Å². The smallest absolute Gasteiger partial charge is 0.367 e. The van der Waals surface area contributed by atoms with Crippen LogP contribution in [0.4, 0.5) is 13.2 Å². The van der Waals surface area contributed by atoms with E-state index in [1.165, 1.54) is 0 Å². The van der Waals surface area contributed by atoms with Gasteiger partial charge in [-0.3, -0.25) is 4.79 Å². The van der Waals surface area contributed by atoms with Crippen molar-refractivity contribution < 1.29 is 22.7 Å². The van der Waals surface area contributed by atoms with Crippen molar-refractivity contribution in [2.75, 3.05) is 6.61 Å². The lowest BCUT2D eigenvalue weighted by molar-refractivity contribution is -0.176. The standard InChI is InChI=1S/C21H18F3NO2S/c22-21(23,24)14-27-13-15-8-10-17(11-9-15)20(26)25-19(18-7-4-12-28-18)16-5-2-1-3-6-16/h1-12,19H,13-14H2,(H,25,26). The van der Waals surface area contributed by atoms with E-state index in [1.807, 2.05) is 47.8 Å². The molecule has 1 N–H and O–H groups in total. The van der Waals surface area contributed by atoms with Crippen LogP contribution in [-0.4, -0.2) is 18.7 Å². The molecule has 146 valence electrons. The summed E-state index contributed by atoms with van der Waals surface area (Å²) in [7, 11) is 0. The van der Waals surface area contributed by atoms with E-state index in [9.17, 15) is 18.0 Å². The van der Waals surface area contributed by atoms with Crippen molar-refractivity contribution in [3.8, 4) is 0 Å². The summed E-state index contributed by atoms with van der Waals surface area (Å²) < 4.78 is 41.0. The summed E-state index contributed by atoms with van der Waals surface area (Å²) in [5, 5.41) is 4.98. The molecule has 1 aromatic heterocycles. The average Bonchev–Trinajstić information content (AvgIpc) is 3.20. The molecule has 0 fully saturated rings. The second-order valence-corrected chi connectivity index (χ2v) is 7.12. The van der Waals surface area contributed by atoms with Gasteiger partial charge in [-0.15, -0.1) is 11.3 Å². The fraction of sp³-hybridized carbons (Fsp3) is 0.190. The Morgan fingerprint density at radius 3 is 2.32 bits per heavy atom. The SMILES string of the molecule is O=C(NC(c1ccccc1)c1cccs1)c1ccc(COCC(F)(F)F)cc1. The number of benzene rings is 2. The van der Waals surface area contributed by atoms with Gasteiger partial charge in [-0.05, 0) is 34.7 Å². The van der Waals surface area contributed by atoms with Gasteiger partial charge in [0.25, 0.3) is 5.91 Å². The molecule has 0 radical (unpaired) electrons. The van der Waals surface area contributed by atoms with Gasteiger partial charge in [-0.2, -0.15) is 13.2 Å². The van der Waals surface area contributed by atoms with Crippen molar-refractivity contribution in [3.05, 3.63) is 93.7 Å². The Labute approximate surface area is 164 Å². The molecule has 0 saturated carbocycles. The highest BCUT2D eigenvalue weighted by molar-refractivity contribution is 7.10. The average molecular weight is 405 g/mol. The van der Waals surface area contributed by atoms with Crippen molar-refractivity contribution >= 4 is 17.2 Å². The zero-order chi connectivity index (χ0) is 20.0. The first-order valence-corrected chi connectivity index (χ1v) is 9.43. The van der Waals surface area contributed by atoms with Crippen LogP contribution in [0.1, 0.15) is 32.4 Å². The van der Waals surface area contributed by atoms with Crippen LogP contribution in [0.5, 0.6) is 0 Å². The maximum Gasteiger partial charge on any atom is 0.411 e. The van der Waals surface area contributed by atoms with Crippen LogP contribution in [0.3, 0.4) is 0 Å². The Balaban J connectivity index is 1.67. The number of halogens is 3. The predicted molar refractivity (Wildman–Crippen MR) is 102 cm³/mol. The highest BCUT2D eigenvalue weighted by Crippen LogP contribution is 2.26. The van der Waals surface area contributed by atoms with Crippen LogP contribution in [-0.2, 0) is 11.3 Å². The van der Waals surface area contributed by atoms with E-state index in [0.29, 0.717) is 11.1 Å². The van der Waals surface area contributed by atoms with Crippen LogP contribution >= 0.6 is 11.3 Å². The van der Waals surface area contributed by atoms with E-state index >= 15 is 0 Å². The summed E-state index contributed by atoms with van der Waals surface area (Å²) in [5.74, 6) is -0.259. The fourth-order valence-corrected chi connectivity index (χ4v) is 3.47. The molecule has 1 heterocycles. The normalized spacial score (nSPS) is 12.5. The van der Waals surface area contributed by atoms with Crippen molar-refractivity contribution in [2.24, 2.45) is 0 Å². The molecule has 0 aliphatic rings. The number of carbonyl (C=O) groups is 1. The third kappa shape index (κ3) is 5.68. The number of thiophene rings is 1. The van der Waals surface area contributed by atoms with Gasteiger partial charge < -0.3 is 10.1 Å². The molecule has 0 aliphatic carbocycles. The van der Waals surface area contributed by atoms with E-state index < -0.39 is 12.8 Å². The molecule has 3 nitrogen and oxygen atoms in total. The van der Waals surface area contributed by atoms with Crippen LogP contribution in [0.25, 0.3) is 0 Å². The molecule has 0 spiro atoms. The van der Waals surface area contributed by atoms with Gasteiger partial charge >= 0.3 is 6.18 Å². The Morgan fingerprint density at radius 1 is 1.00 bits per heavy atom. The minimum absolute atomic E-state index is 0.163. The van der Waals surface area contributed by atoms with E-state index in [1.54, 1.807) is 35.6 Å². The fourth-order valence-electron chi connectivity index (χ4n) is 2.67. The minimum atomic E-state index is -4.35. The molecule has 0 saturated heterocycles. The molecule has 1 unspecified atom stereocenters. The van der Waals surface area contributed by atoms with Crippen LogP contribution in [0, 0.1) is 0 Å². The zero-order valence-corrected chi connectivity index (χ0v) is 15.6. The van der Waals surface area contributed by atoms with Crippen molar-refractivity contribution in [2.45, 2.75) is 18.8 Å². The summed E-state index contributed by atoms with van der Waals surface area (Å²) in [6.45, 7) is -1.46. The van der Waals surface area contributed by atoms with E-state index in [4.69, 9.17) is 0 Å². The number of hydrogen-bond donors (Lipinski definition) is 1. The molecule has 0 bridgehead atoms. The summed E-state index contributed by atoms with van der Waals surface area (Å²) >= 11 is 1.55. The van der Waals surface area contributed by atoms with Crippen LogP contribution in [0.15, 0.2) is 72.1 Å². The molecule has 1 atom stereocenters. The first-order chi connectivity index (χ1) is 13.4. The molecule has 7 heteroatoms. The van der Waals surface area contributed by atoms with Gasteiger partial charge in [0.2, 0.25) is 0 Å². The third-order valence-corrected chi connectivity index (χ3v) is 4.92. The summed E-state index contributed by atoms with van der Waals surface area (Å²) in [6.07, 6.45) is -4.35. The number of amides is 1. The quantitative estimate of drug-likeness (QED) is 0.576. The summed E-state index contributed by atoms with van der Waals surface area (Å²) in [6, 6.07) is 19.6. The first-order valence-electron chi connectivity index (χ1n) is 8.55. The first kappa shape index (κ1) is 20.1. The van der Waals surface area contributed by atoms with Gasteiger partial charge in [-0.1, -0.05) is 48.5 Å². The molecule has 3 rings (SSSR count). The highest BCUT2D eigenvalue weighted by Gasteiger charge is 2.27. The molecule has 1 amide bonds. The largest absolute Gasteiger partial charge is 0.411 e. The molecule has 3 aromatic rings. The van der Waals surface area contributed by atoms with Crippen molar-refractivity contribution in [1.82, 2.24) is 5.32 Å². The van der Waals surface area contributed by atoms with Gasteiger partial charge in [0, 0.05) is 10.4 Å². The van der Waals surface area contributed by atoms with Gasteiger partial charge in [0.15, 0.2) is 0 Å². The van der Waals surface area contributed by atoms with Crippen LogP contribution < -0.4 is 5.32 Å². The van der Waals surface area contributed by atoms with Crippen molar-refractivity contribution in [1.29, 1.82) is 0 Å². The van der Waals surface area contributed by atoms with Crippen LogP contribution in [0.2, 0.25) is 0 Å². The van der Waals surface area contributed by atoms with Crippen molar-refractivity contribution in [3.63, 3.8) is 0 Å². The second-order valence-electron chi connectivity index (χ2n) is 6.14. The lowest BCUT2D eigenvalue weighted by atomic mass is 10.0. The molecule has 28 heavy (non-hydrogen) atoms. The predicted octanol–water partition coefficient (Wildman–Crippen LogP) is 5.35. The number of hydrogen-bond acceptors (Lipinski definition) is 3. The molecule has 0 aliphatic heterocycles. The van der Waals surface area contributed by atoms with Gasteiger partial charge in [-0.25, -0.2) is 0 Å². The second kappa shape index (κ2) is 9.03. The highest BCUT2D eigenvalue weighted by atomic mass is 32.1. The zero-order valence-electron chi connectivity index (χ0n) is 14.8. The monoisotopic (exact) mass is 405 g/mol. The maximum atomic E-state index is 12.7. The third-order valence-electron chi connectivity index (χ3n) is 3.99. The number of nitrogens with one attached hydrogen (secondary N) is 1. The molecule has 2 aromatic carbocycles. The Morgan fingerprint density at radius 2 is 1.71 bits per heavy atom. The number of rotatable bonds is 7. The molecular formula is C21H18F3NO2S. The summed E-state index contributed by atoms with van der Waals surface area (Å²) in [5.41, 5.74) is 1.96. The number of alkyl halides is 3. The lowest BCUT2D eigenvalue weighted by Gasteiger charge is -2.18. The molecular weight excluding hydrogens is 387 g/mol. The Bertz CT molecular complexity index is 878. The number of ether oxygens (including phenoxy) is 1. The Hall–Kier alpha value is -2.64. The van der Waals surface area contributed by atoms with E-state index in [2.05, 4.69) is 10.1 Å². The minimum Gasteiger partial charge on any atom is -0.367 e. The van der Waals surface area contributed by atoms with Gasteiger partial charge in [0.05, 0.1) is 12.6 Å². The van der Waals surface area contributed by atoms with E-state index in [0.717, 1.165) is 10.4 Å².